The van der Waals surface area contributed by atoms with Crippen LogP contribution in [0.2, 0.25) is 0 Å². The number of ether oxygens (including phenoxy) is 3. The van der Waals surface area contributed by atoms with Crippen LogP contribution in [0.5, 0.6) is 5.75 Å². The van der Waals surface area contributed by atoms with Gasteiger partial charge in [0.1, 0.15) is 5.75 Å². The largest absolute Gasteiger partial charge is 0.465 e. The predicted molar refractivity (Wildman–Crippen MR) is 75.7 cm³/mol. The first-order valence-corrected chi connectivity index (χ1v) is 6.88. The molecule has 4 nitrogen and oxygen atoms in total. The van der Waals surface area contributed by atoms with Gasteiger partial charge in [0, 0.05) is 6.42 Å². The SMILES string of the molecule is CC1(C=O)OCCC(Oc2ccc(C(C)(C)C)cc2)O1. The first-order chi connectivity index (χ1) is 9.32. The molecular formula is C16H22O4. The zero-order chi connectivity index (χ0) is 14.8. The van der Waals surface area contributed by atoms with E-state index in [-0.39, 0.29) is 5.41 Å². The maximum absolute atomic E-state index is 10.9. The van der Waals surface area contributed by atoms with Gasteiger partial charge in [-0.05, 0) is 30.0 Å². The summed E-state index contributed by atoms with van der Waals surface area (Å²) in [4.78, 5) is 10.9. The first-order valence-electron chi connectivity index (χ1n) is 6.88. The van der Waals surface area contributed by atoms with E-state index >= 15 is 0 Å². The topological polar surface area (TPSA) is 44.8 Å². The van der Waals surface area contributed by atoms with Crippen molar-refractivity contribution in [1.29, 1.82) is 0 Å². The highest BCUT2D eigenvalue weighted by Crippen LogP contribution is 2.27. The third-order valence-corrected chi connectivity index (χ3v) is 3.31. The van der Waals surface area contributed by atoms with Crippen LogP contribution in [-0.2, 0) is 19.7 Å². The lowest BCUT2D eigenvalue weighted by Crippen LogP contribution is -2.45. The smallest absolute Gasteiger partial charge is 0.226 e. The van der Waals surface area contributed by atoms with Crippen molar-refractivity contribution in [3.8, 4) is 5.75 Å². The Morgan fingerprint density at radius 2 is 1.95 bits per heavy atom. The van der Waals surface area contributed by atoms with Gasteiger partial charge in [0.25, 0.3) is 0 Å². The van der Waals surface area contributed by atoms with Gasteiger partial charge in [-0.3, -0.25) is 4.79 Å². The molecule has 0 aromatic heterocycles. The molecular weight excluding hydrogens is 256 g/mol. The average Bonchev–Trinajstić information content (AvgIpc) is 2.38. The molecule has 2 unspecified atom stereocenters. The van der Waals surface area contributed by atoms with Gasteiger partial charge in [-0.1, -0.05) is 32.9 Å². The molecule has 2 atom stereocenters. The van der Waals surface area contributed by atoms with Crippen molar-refractivity contribution < 1.29 is 19.0 Å². The van der Waals surface area contributed by atoms with Crippen molar-refractivity contribution in [1.82, 2.24) is 0 Å². The third kappa shape index (κ3) is 3.58. The Morgan fingerprint density at radius 1 is 1.30 bits per heavy atom. The van der Waals surface area contributed by atoms with E-state index in [0.29, 0.717) is 19.3 Å². The van der Waals surface area contributed by atoms with Crippen molar-refractivity contribution in [2.45, 2.75) is 51.6 Å². The van der Waals surface area contributed by atoms with Gasteiger partial charge < -0.3 is 14.2 Å². The minimum atomic E-state index is -1.20. The van der Waals surface area contributed by atoms with E-state index in [1.807, 2.05) is 24.3 Å². The van der Waals surface area contributed by atoms with E-state index in [1.54, 1.807) is 6.92 Å². The van der Waals surface area contributed by atoms with Crippen molar-refractivity contribution in [3.63, 3.8) is 0 Å². The lowest BCUT2D eigenvalue weighted by atomic mass is 9.87. The lowest BCUT2D eigenvalue weighted by molar-refractivity contribution is -0.297. The van der Waals surface area contributed by atoms with Crippen LogP contribution >= 0.6 is 0 Å². The van der Waals surface area contributed by atoms with E-state index in [0.717, 1.165) is 5.75 Å². The molecule has 0 radical (unpaired) electrons. The van der Waals surface area contributed by atoms with Crippen molar-refractivity contribution >= 4 is 6.29 Å². The summed E-state index contributed by atoms with van der Waals surface area (Å²) >= 11 is 0. The maximum atomic E-state index is 10.9. The Morgan fingerprint density at radius 3 is 2.50 bits per heavy atom. The summed E-state index contributed by atoms with van der Waals surface area (Å²) in [5, 5.41) is 0. The van der Waals surface area contributed by atoms with Crippen LogP contribution in [0.4, 0.5) is 0 Å². The zero-order valence-electron chi connectivity index (χ0n) is 12.5. The monoisotopic (exact) mass is 278 g/mol. The molecule has 1 fully saturated rings. The molecule has 0 saturated carbocycles. The molecule has 0 amide bonds. The van der Waals surface area contributed by atoms with Crippen LogP contribution in [0.1, 0.15) is 39.7 Å². The van der Waals surface area contributed by atoms with Gasteiger partial charge in [0.2, 0.25) is 12.1 Å². The first kappa shape index (κ1) is 15.0. The fourth-order valence-electron chi connectivity index (χ4n) is 2.04. The highest BCUT2D eigenvalue weighted by Gasteiger charge is 2.34. The molecule has 20 heavy (non-hydrogen) atoms. The molecule has 1 aromatic rings. The molecule has 0 bridgehead atoms. The van der Waals surface area contributed by atoms with Gasteiger partial charge in [0.05, 0.1) is 6.61 Å². The molecule has 4 heteroatoms. The van der Waals surface area contributed by atoms with Gasteiger partial charge in [-0.15, -0.1) is 0 Å². The number of rotatable bonds is 3. The lowest BCUT2D eigenvalue weighted by Gasteiger charge is -2.34. The van der Waals surface area contributed by atoms with Crippen molar-refractivity contribution in [2.75, 3.05) is 6.61 Å². The predicted octanol–water partition coefficient (Wildman–Crippen LogP) is 3.04. The van der Waals surface area contributed by atoms with E-state index in [2.05, 4.69) is 20.8 Å². The minimum absolute atomic E-state index is 0.115. The van der Waals surface area contributed by atoms with Crippen LogP contribution in [0.25, 0.3) is 0 Å². The van der Waals surface area contributed by atoms with Gasteiger partial charge >= 0.3 is 0 Å². The maximum Gasteiger partial charge on any atom is 0.226 e. The van der Waals surface area contributed by atoms with Gasteiger partial charge in [-0.2, -0.15) is 0 Å². The van der Waals surface area contributed by atoms with Gasteiger partial charge in [0.15, 0.2) is 6.29 Å². The molecule has 1 saturated heterocycles. The van der Waals surface area contributed by atoms with E-state index in [1.165, 1.54) is 5.56 Å². The Kier molecular flexibility index (Phi) is 4.16. The highest BCUT2D eigenvalue weighted by molar-refractivity contribution is 5.59. The number of benzene rings is 1. The Bertz CT molecular complexity index is 460. The summed E-state index contributed by atoms with van der Waals surface area (Å²) in [6.45, 7) is 8.54. The molecule has 1 aliphatic heterocycles. The summed E-state index contributed by atoms with van der Waals surface area (Å²) in [5.41, 5.74) is 1.36. The van der Waals surface area contributed by atoms with Crippen LogP contribution in [0.3, 0.4) is 0 Å². The second-order valence-electron chi connectivity index (χ2n) is 6.21. The number of aldehydes is 1. The van der Waals surface area contributed by atoms with E-state index in [9.17, 15) is 4.79 Å². The van der Waals surface area contributed by atoms with Crippen LogP contribution < -0.4 is 4.74 Å². The number of hydrogen-bond donors (Lipinski definition) is 0. The van der Waals surface area contributed by atoms with E-state index < -0.39 is 12.1 Å². The van der Waals surface area contributed by atoms with Crippen LogP contribution in [0, 0.1) is 0 Å². The molecule has 1 aliphatic rings. The quantitative estimate of drug-likeness (QED) is 0.797. The second kappa shape index (κ2) is 5.54. The number of hydrogen-bond acceptors (Lipinski definition) is 4. The summed E-state index contributed by atoms with van der Waals surface area (Å²) in [6, 6.07) is 7.95. The summed E-state index contributed by atoms with van der Waals surface area (Å²) in [6.07, 6.45) is 0.801. The third-order valence-electron chi connectivity index (χ3n) is 3.31. The molecule has 1 heterocycles. The Hall–Kier alpha value is -1.39. The minimum Gasteiger partial charge on any atom is -0.465 e. The molecule has 2 rings (SSSR count). The van der Waals surface area contributed by atoms with E-state index in [4.69, 9.17) is 14.2 Å². The van der Waals surface area contributed by atoms with Gasteiger partial charge in [-0.25, -0.2) is 0 Å². The molecule has 110 valence electrons. The second-order valence-corrected chi connectivity index (χ2v) is 6.21. The fourth-order valence-corrected chi connectivity index (χ4v) is 2.04. The Balaban J connectivity index is 2.01. The van der Waals surface area contributed by atoms with Crippen molar-refractivity contribution in [3.05, 3.63) is 29.8 Å². The average molecular weight is 278 g/mol. The molecule has 1 aromatic carbocycles. The van der Waals surface area contributed by atoms with Crippen LogP contribution in [-0.4, -0.2) is 25.0 Å². The fraction of sp³-hybridized carbons (Fsp3) is 0.562. The highest BCUT2D eigenvalue weighted by atomic mass is 16.8. The van der Waals surface area contributed by atoms with Crippen LogP contribution in [0.15, 0.2) is 24.3 Å². The number of carbonyl (C=O) groups is 1. The molecule has 0 aliphatic carbocycles. The van der Waals surface area contributed by atoms with Crippen molar-refractivity contribution in [2.24, 2.45) is 0 Å². The summed E-state index contributed by atoms with van der Waals surface area (Å²) in [5.74, 6) is -0.466. The zero-order valence-corrected chi connectivity index (χ0v) is 12.5. The Labute approximate surface area is 120 Å². The summed E-state index contributed by atoms with van der Waals surface area (Å²) < 4.78 is 16.5. The molecule has 0 spiro atoms. The standard InChI is InChI=1S/C16H22O4/c1-15(2,3)12-5-7-13(8-6-12)19-14-9-10-18-16(4,11-17)20-14/h5-8,11,14H,9-10H2,1-4H3. The normalized spacial score (nSPS) is 27.1. The summed E-state index contributed by atoms with van der Waals surface area (Å²) in [7, 11) is 0. The number of carbonyl (C=O) groups excluding carboxylic acids is 1. The molecule has 0 N–H and O–H groups in total.